The summed E-state index contributed by atoms with van der Waals surface area (Å²) in [5.41, 5.74) is 5.83. The summed E-state index contributed by atoms with van der Waals surface area (Å²) in [6.45, 7) is 6.26. The van der Waals surface area contributed by atoms with E-state index in [4.69, 9.17) is 10.5 Å². The molecule has 2 N–H and O–H groups in total. The van der Waals surface area contributed by atoms with Crippen molar-refractivity contribution in [2.45, 2.75) is 64.9 Å². The van der Waals surface area contributed by atoms with Crippen molar-refractivity contribution in [3.63, 3.8) is 0 Å². The van der Waals surface area contributed by atoms with Gasteiger partial charge in [-0.2, -0.15) is 0 Å². The zero-order valence-corrected chi connectivity index (χ0v) is 11.1. The highest BCUT2D eigenvalue weighted by molar-refractivity contribution is 4.81. The van der Waals surface area contributed by atoms with Crippen LogP contribution in [0.3, 0.4) is 0 Å². The van der Waals surface area contributed by atoms with E-state index in [0.717, 1.165) is 19.1 Å². The van der Waals surface area contributed by atoms with E-state index < -0.39 is 0 Å². The normalized spacial score (nSPS) is 30.6. The van der Waals surface area contributed by atoms with Gasteiger partial charge in [0.25, 0.3) is 0 Å². The molecule has 1 saturated carbocycles. The smallest absolute Gasteiger partial charge is 0.0617 e. The van der Waals surface area contributed by atoms with E-state index >= 15 is 0 Å². The van der Waals surface area contributed by atoms with Crippen LogP contribution in [0.5, 0.6) is 0 Å². The van der Waals surface area contributed by atoms with Crippen LogP contribution < -0.4 is 5.73 Å². The Bertz CT molecular complexity index is 172. The van der Waals surface area contributed by atoms with Crippen molar-refractivity contribution in [1.82, 2.24) is 0 Å². The fraction of sp³-hybridized carbons (Fsp3) is 1.00. The Kier molecular flexibility index (Phi) is 7.06. The first kappa shape index (κ1) is 14.0. The first-order valence-electron chi connectivity index (χ1n) is 7.13. The Hall–Kier alpha value is -0.0800. The molecule has 96 valence electrons. The average Bonchev–Trinajstić information content (AvgIpc) is 2.34. The molecule has 0 aromatic rings. The van der Waals surface area contributed by atoms with Crippen LogP contribution in [0.25, 0.3) is 0 Å². The maximum atomic E-state index is 6.04. The van der Waals surface area contributed by atoms with Gasteiger partial charge in [-0.1, -0.05) is 33.1 Å². The number of nitrogens with two attached hydrogens (primary N) is 1. The van der Waals surface area contributed by atoms with Crippen molar-refractivity contribution in [1.29, 1.82) is 0 Å². The molecule has 0 bridgehead atoms. The van der Waals surface area contributed by atoms with Gasteiger partial charge in [-0.05, 0) is 44.1 Å². The molecule has 3 unspecified atom stereocenters. The number of unbranched alkanes of at least 4 members (excludes halogenated alkanes) is 2. The van der Waals surface area contributed by atoms with E-state index in [1.807, 2.05) is 0 Å². The minimum atomic E-state index is 0.445. The number of hydrogen-bond donors (Lipinski definition) is 1. The molecule has 0 aromatic heterocycles. The summed E-state index contributed by atoms with van der Waals surface area (Å²) in [5.74, 6) is 1.49. The molecule has 0 heterocycles. The quantitative estimate of drug-likeness (QED) is 0.677. The summed E-state index contributed by atoms with van der Waals surface area (Å²) in [5, 5.41) is 0. The third-order valence-electron chi connectivity index (χ3n) is 4.00. The second-order valence-electron chi connectivity index (χ2n) is 5.20. The highest BCUT2D eigenvalue weighted by Gasteiger charge is 2.29. The SMILES string of the molecule is CCCCCOC1CC(CC)CCC1CN. The molecule has 16 heavy (non-hydrogen) atoms. The van der Waals surface area contributed by atoms with Gasteiger partial charge in [-0.15, -0.1) is 0 Å². The van der Waals surface area contributed by atoms with Crippen LogP contribution in [0.2, 0.25) is 0 Å². The number of hydrogen-bond acceptors (Lipinski definition) is 2. The second kappa shape index (κ2) is 8.08. The third kappa shape index (κ3) is 4.42. The van der Waals surface area contributed by atoms with Crippen LogP contribution in [0.1, 0.15) is 58.8 Å². The van der Waals surface area contributed by atoms with Crippen molar-refractivity contribution < 1.29 is 4.74 Å². The predicted octanol–water partition coefficient (Wildman–Crippen LogP) is 3.35. The molecule has 0 amide bonds. The summed E-state index contributed by atoms with van der Waals surface area (Å²) in [6.07, 6.45) is 9.38. The van der Waals surface area contributed by atoms with E-state index in [0.29, 0.717) is 12.0 Å². The van der Waals surface area contributed by atoms with Gasteiger partial charge in [0.05, 0.1) is 6.10 Å². The fourth-order valence-corrected chi connectivity index (χ4v) is 2.71. The lowest BCUT2D eigenvalue weighted by atomic mass is 9.78. The molecule has 2 nitrogen and oxygen atoms in total. The minimum Gasteiger partial charge on any atom is -0.378 e. The Morgan fingerprint density at radius 3 is 2.62 bits per heavy atom. The molecule has 0 saturated heterocycles. The first-order chi connectivity index (χ1) is 7.81. The number of ether oxygens (including phenoxy) is 1. The van der Waals surface area contributed by atoms with Crippen molar-refractivity contribution in [2.24, 2.45) is 17.6 Å². The molecule has 3 atom stereocenters. The van der Waals surface area contributed by atoms with Crippen LogP contribution in [-0.2, 0) is 4.74 Å². The van der Waals surface area contributed by atoms with Crippen molar-refractivity contribution in [3.8, 4) is 0 Å². The summed E-state index contributed by atoms with van der Waals surface area (Å²) >= 11 is 0. The molecule has 2 heteroatoms. The molecule has 1 aliphatic carbocycles. The Morgan fingerprint density at radius 2 is 2.00 bits per heavy atom. The van der Waals surface area contributed by atoms with Crippen LogP contribution in [0.15, 0.2) is 0 Å². The molecular weight excluding hydrogens is 198 g/mol. The van der Waals surface area contributed by atoms with E-state index in [1.54, 1.807) is 0 Å². The van der Waals surface area contributed by atoms with Gasteiger partial charge in [0.1, 0.15) is 0 Å². The average molecular weight is 227 g/mol. The van der Waals surface area contributed by atoms with E-state index in [-0.39, 0.29) is 0 Å². The van der Waals surface area contributed by atoms with E-state index in [2.05, 4.69) is 13.8 Å². The van der Waals surface area contributed by atoms with E-state index in [9.17, 15) is 0 Å². The molecule has 1 aliphatic rings. The maximum Gasteiger partial charge on any atom is 0.0617 e. The fourth-order valence-electron chi connectivity index (χ4n) is 2.71. The maximum absolute atomic E-state index is 6.04. The van der Waals surface area contributed by atoms with Gasteiger partial charge >= 0.3 is 0 Å². The van der Waals surface area contributed by atoms with Crippen LogP contribution in [-0.4, -0.2) is 19.3 Å². The minimum absolute atomic E-state index is 0.445. The summed E-state index contributed by atoms with van der Waals surface area (Å²) in [4.78, 5) is 0. The molecule has 0 aromatic carbocycles. The standard InChI is InChI=1S/C14H29NO/c1-3-5-6-9-16-14-10-12(4-2)7-8-13(14)11-15/h12-14H,3-11,15H2,1-2H3. The lowest BCUT2D eigenvalue weighted by Gasteiger charge is -2.35. The third-order valence-corrected chi connectivity index (χ3v) is 4.00. The highest BCUT2D eigenvalue weighted by Crippen LogP contribution is 2.32. The lowest BCUT2D eigenvalue weighted by molar-refractivity contribution is -0.0250. The predicted molar refractivity (Wildman–Crippen MR) is 69.4 cm³/mol. The lowest BCUT2D eigenvalue weighted by Crippen LogP contribution is -2.36. The highest BCUT2D eigenvalue weighted by atomic mass is 16.5. The van der Waals surface area contributed by atoms with E-state index in [1.165, 1.54) is 44.9 Å². The Morgan fingerprint density at radius 1 is 1.19 bits per heavy atom. The topological polar surface area (TPSA) is 35.2 Å². The Balaban J connectivity index is 2.27. The van der Waals surface area contributed by atoms with Gasteiger partial charge in [0.15, 0.2) is 0 Å². The molecule has 0 radical (unpaired) electrons. The largest absolute Gasteiger partial charge is 0.378 e. The van der Waals surface area contributed by atoms with Crippen LogP contribution in [0.4, 0.5) is 0 Å². The van der Waals surface area contributed by atoms with Gasteiger partial charge < -0.3 is 10.5 Å². The molecule has 0 spiro atoms. The van der Waals surface area contributed by atoms with Crippen LogP contribution >= 0.6 is 0 Å². The Labute approximate surface area is 101 Å². The monoisotopic (exact) mass is 227 g/mol. The van der Waals surface area contributed by atoms with Gasteiger partial charge in [-0.3, -0.25) is 0 Å². The summed E-state index contributed by atoms with van der Waals surface area (Å²) in [6, 6.07) is 0. The van der Waals surface area contributed by atoms with Crippen LogP contribution in [0, 0.1) is 11.8 Å². The van der Waals surface area contributed by atoms with Gasteiger partial charge in [-0.25, -0.2) is 0 Å². The zero-order valence-electron chi connectivity index (χ0n) is 11.1. The van der Waals surface area contributed by atoms with Crippen molar-refractivity contribution >= 4 is 0 Å². The van der Waals surface area contributed by atoms with Crippen molar-refractivity contribution in [3.05, 3.63) is 0 Å². The zero-order chi connectivity index (χ0) is 11.8. The number of rotatable bonds is 7. The molecular formula is C14H29NO. The summed E-state index contributed by atoms with van der Waals surface area (Å²) < 4.78 is 6.04. The summed E-state index contributed by atoms with van der Waals surface area (Å²) in [7, 11) is 0. The van der Waals surface area contributed by atoms with Crippen molar-refractivity contribution in [2.75, 3.05) is 13.2 Å². The molecule has 0 aliphatic heterocycles. The molecule has 1 rings (SSSR count). The first-order valence-corrected chi connectivity index (χ1v) is 7.13. The molecule has 1 fully saturated rings. The van der Waals surface area contributed by atoms with Gasteiger partial charge in [0.2, 0.25) is 0 Å². The van der Waals surface area contributed by atoms with Gasteiger partial charge in [0, 0.05) is 6.61 Å². The second-order valence-corrected chi connectivity index (χ2v) is 5.20.